The Balaban J connectivity index is 1.28. The molecule has 3 aliphatic heterocycles. The summed E-state index contributed by atoms with van der Waals surface area (Å²) in [6, 6.07) is -0.888. The molecule has 0 saturated carbocycles. The SMILES string of the molecule is CC/C=C\C/C=C\C/C=C\C/C=C\CCCCCCCCCCCCCCCCCCCCCCCCCCCCC(=O)NC(COC1OC(CO)C(OC2OC(CO)C(OC3OC(CO)C(O)C(O)C3O)C(O)C2O)C(O)C1O)C(O)CCCCCCCCCCCCCCCCCCCCCCCCCCCCCCCC. The number of aliphatic hydroxyl groups is 11. The van der Waals surface area contributed by atoms with E-state index in [1.165, 1.54) is 315 Å². The summed E-state index contributed by atoms with van der Waals surface area (Å²) in [5.41, 5.74) is 0. The van der Waals surface area contributed by atoms with Gasteiger partial charge < -0.3 is 89.9 Å². The Morgan fingerprint density at radius 3 is 0.947 bits per heavy atom. The summed E-state index contributed by atoms with van der Waals surface area (Å²) in [4.78, 5) is 13.6. The molecule has 17 atom stereocenters. The van der Waals surface area contributed by atoms with Crippen molar-refractivity contribution in [2.75, 3.05) is 26.4 Å². The maximum absolute atomic E-state index is 13.6. The quantitative estimate of drug-likeness (QED) is 0.0199. The molecule has 3 saturated heterocycles. The van der Waals surface area contributed by atoms with Gasteiger partial charge in [0.05, 0.1) is 38.6 Å². The van der Waals surface area contributed by atoms with Crippen molar-refractivity contribution in [2.24, 2.45) is 0 Å². The highest BCUT2D eigenvalue weighted by atomic mass is 16.8. The molecule has 0 aromatic heterocycles. The number of amides is 1. The minimum Gasteiger partial charge on any atom is -0.394 e. The Hall–Kier alpha value is -2.25. The number of hydrogen-bond acceptors (Lipinski definition) is 18. The van der Waals surface area contributed by atoms with E-state index < -0.39 is 124 Å². The fourth-order valence-electron chi connectivity index (χ4n) is 16.4. The number of ether oxygens (including phenoxy) is 6. The minimum absolute atomic E-state index is 0.233. The van der Waals surface area contributed by atoms with Crippen LogP contribution in [0.15, 0.2) is 48.6 Å². The number of allylic oxidation sites excluding steroid dienone is 8. The summed E-state index contributed by atoms with van der Waals surface area (Å²) in [5, 5.41) is 121. The molecule has 0 aromatic rings. The molecule has 12 N–H and O–H groups in total. The van der Waals surface area contributed by atoms with Crippen molar-refractivity contribution >= 4 is 5.91 Å². The Labute approximate surface area is 694 Å². The summed E-state index contributed by atoms with van der Waals surface area (Å²) in [7, 11) is 0. The molecular weight excluding hydrogens is 1440 g/mol. The zero-order valence-corrected chi connectivity index (χ0v) is 72.6. The molecule has 0 aliphatic carbocycles. The lowest BCUT2D eigenvalue weighted by molar-refractivity contribution is -0.379. The molecule has 670 valence electrons. The summed E-state index contributed by atoms with van der Waals surface area (Å²) in [5.74, 6) is -0.233. The summed E-state index contributed by atoms with van der Waals surface area (Å²) >= 11 is 0. The number of aliphatic hydroxyl groups excluding tert-OH is 11. The van der Waals surface area contributed by atoms with Crippen LogP contribution in [0, 0.1) is 0 Å². The van der Waals surface area contributed by atoms with Gasteiger partial charge in [-0.05, 0) is 51.4 Å². The van der Waals surface area contributed by atoms with Gasteiger partial charge in [-0.15, -0.1) is 0 Å². The molecule has 0 bridgehead atoms. The van der Waals surface area contributed by atoms with Crippen LogP contribution < -0.4 is 5.32 Å². The second-order valence-electron chi connectivity index (χ2n) is 34.2. The number of carbonyl (C=O) groups is 1. The van der Waals surface area contributed by atoms with Crippen molar-refractivity contribution in [1.29, 1.82) is 0 Å². The second kappa shape index (κ2) is 74.6. The third-order valence-corrected chi connectivity index (χ3v) is 23.9. The largest absolute Gasteiger partial charge is 0.394 e. The van der Waals surface area contributed by atoms with Crippen LogP contribution in [0.5, 0.6) is 0 Å². The van der Waals surface area contributed by atoms with E-state index in [1.807, 2.05) is 0 Å². The number of nitrogens with one attached hydrogen (secondary N) is 1. The first-order chi connectivity index (χ1) is 55.8. The first-order valence-corrected chi connectivity index (χ1v) is 47.9. The molecule has 19 nitrogen and oxygen atoms in total. The summed E-state index contributed by atoms with van der Waals surface area (Å²) < 4.78 is 34.6. The topological polar surface area (TPSA) is 307 Å². The number of hydrogen-bond donors (Lipinski definition) is 12. The first kappa shape index (κ1) is 106. The molecule has 1 amide bonds. The highest BCUT2D eigenvalue weighted by Gasteiger charge is 2.54. The standard InChI is InChI=1S/C95H177NO18/c1-3-5-7-9-11-13-15-17-19-21-23-25-27-29-31-33-35-36-37-38-39-40-41-42-43-45-47-49-51-53-55-57-59-61-63-65-67-69-71-73-83(101)96-78(79(100)72-70-68-66-64-62-60-58-56-54-52-50-48-46-44-34-32-30-28-26-24-22-20-18-16-14-12-10-8-6-4-2)77-109-93-89(107)86(104)91(81(75-98)111-93)114-95-90(108)87(105)92(82(76-99)112-95)113-94-88(106)85(103)84(102)80(74-97)110-94/h5,7,11,13,17,19,23,25,78-82,84-95,97-100,102-108H,3-4,6,8-10,12,14-16,18,20-22,24,26-77H2,1-2H3,(H,96,101)/b7-5-,13-11-,19-17-,25-23-. The van der Waals surface area contributed by atoms with E-state index >= 15 is 0 Å². The van der Waals surface area contributed by atoms with Crippen LogP contribution in [0.3, 0.4) is 0 Å². The fraction of sp³-hybridized carbons (Fsp3) is 0.905. The van der Waals surface area contributed by atoms with Crippen LogP contribution >= 0.6 is 0 Å². The molecule has 3 fully saturated rings. The maximum atomic E-state index is 13.6. The molecule has 0 spiro atoms. The van der Waals surface area contributed by atoms with Crippen molar-refractivity contribution in [3.05, 3.63) is 48.6 Å². The van der Waals surface area contributed by atoms with Crippen LogP contribution in [-0.4, -0.2) is 193 Å². The third kappa shape index (κ3) is 52.2. The highest BCUT2D eigenvalue weighted by Crippen LogP contribution is 2.34. The summed E-state index contributed by atoms with van der Waals surface area (Å²) in [6.45, 7) is 1.76. The van der Waals surface area contributed by atoms with Crippen molar-refractivity contribution in [2.45, 2.75) is 523 Å². The van der Waals surface area contributed by atoms with Crippen molar-refractivity contribution in [3.63, 3.8) is 0 Å². The highest BCUT2D eigenvalue weighted by molar-refractivity contribution is 5.76. The zero-order chi connectivity index (χ0) is 82.4. The average Bonchev–Trinajstić information content (AvgIpc) is 0.783. The monoisotopic (exact) mass is 1620 g/mol. The van der Waals surface area contributed by atoms with Gasteiger partial charge in [0.1, 0.15) is 73.2 Å². The number of rotatable bonds is 79. The van der Waals surface area contributed by atoms with Gasteiger partial charge in [0, 0.05) is 6.42 Å². The van der Waals surface area contributed by atoms with Gasteiger partial charge in [0.2, 0.25) is 5.91 Å². The van der Waals surface area contributed by atoms with Crippen molar-refractivity contribution in [3.8, 4) is 0 Å². The predicted octanol–water partition coefficient (Wildman–Crippen LogP) is 19.1. The van der Waals surface area contributed by atoms with Gasteiger partial charge in [-0.3, -0.25) is 4.79 Å². The van der Waals surface area contributed by atoms with Gasteiger partial charge in [0.25, 0.3) is 0 Å². The Kier molecular flexibility index (Phi) is 69.3. The normalized spacial score (nSPS) is 24.9. The second-order valence-corrected chi connectivity index (χ2v) is 34.2. The van der Waals surface area contributed by atoms with Crippen LogP contribution in [0.2, 0.25) is 0 Å². The Morgan fingerprint density at radius 2 is 0.605 bits per heavy atom. The van der Waals surface area contributed by atoms with E-state index in [-0.39, 0.29) is 18.9 Å². The van der Waals surface area contributed by atoms with E-state index in [1.54, 1.807) is 0 Å². The lowest BCUT2D eigenvalue weighted by Crippen LogP contribution is -2.66. The van der Waals surface area contributed by atoms with Gasteiger partial charge in [0.15, 0.2) is 18.9 Å². The van der Waals surface area contributed by atoms with E-state index in [0.717, 1.165) is 70.6 Å². The molecule has 0 radical (unpaired) electrons. The minimum atomic E-state index is -1.97. The Bertz CT molecular complexity index is 2240. The molecule has 3 aliphatic rings. The number of unbranched alkanes of at least 4 members (excludes halogenated alkanes) is 55. The van der Waals surface area contributed by atoms with E-state index in [4.69, 9.17) is 28.4 Å². The van der Waals surface area contributed by atoms with E-state index in [0.29, 0.717) is 12.8 Å². The van der Waals surface area contributed by atoms with Crippen LogP contribution in [0.1, 0.15) is 418 Å². The molecule has 114 heavy (non-hydrogen) atoms. The zero-order valence-electron chi connectivity index (χ0n) is 72.6. The molecular formula is C95H177NO18. The molecule has 3 heterocycles. The average molecular weight is 1620 g/mol. The van der Waals surface area contributed by atoms with E-state index in [2.05, 4.69) is 67.8 Å². The van der Waals surface area contributed by atoms with Gasteiger partial charge in [-0.25, -0.2) is 0 Å². The van der Waals surface area contributed by atoms with Gasteiger partial charge in [-0.1, -0.05) is 409 Å². The lowest BCUT2D eigenvalue weighted by atomic mass is 9.96. The van der Waals surface area contributed by atoms with Crippen molar-refractivity contribution in [1.82, 2.24) is 5.32 Å². The van der Waals surface area contributed by atoms with Crippen LogP contribution in [0.4, 0.5) is 0 Å². The molecule has 3 rings (SSSR count). The smallest absolute Gasteiger partial charge is 0.220 e. The van der Waals surface area contributed by atoms with E-state index in [9.17, 15) is 61.0 Å². The maximum Gasteiger partial charge on any atom is 0.220 e. The molecule has 17 unspecified atom stereocenters. The first-order valence-electron chi connectivity index (χ1n) is 47.9. The molecule has 19 heteroatoms. The predicted molar refractivity (Wildman–Crippen MR) is 462 cm³/mol. The van der Waals surface area contributed by atoms with Crippen LogP contribution in [-0.2, 0) is 33.2 Å². The third-order valence-electron chi connectivity index (χ3n) is 23.9. The number of carbonyl (C=O) groups excluding carboxylic acids is 1. The van der Waals surface area contributed by atoms with Gasteiger partial charge >= 0.3 is 0 Å². The van der Waals surface area contributed by atoms with Crippen LogP contribution in [0.25, 0.3) is 0 Å². The lowest BCUT2D eigenvalue weighted by Gasteiger charge is -2.48. The molecule has 0 aromatic carbocycles. The van der Waals surface area contributed by atoms with Crippen molar-refractivity contribution < 1.29 is 89.4 Å². The Morgan fingerprint density at radius 1 is 0.325 bits per heavy atom. The summed E-state index contributed by atoms with van der Waals surface area (Å²) in [6.07, 6.45) is 71.0. The fourth-order valence-corrected chi connectivity index (χ4v) is 16.4. The van der Waals surface area contributed by atoms with Gasteiger partial charge in [-0.2, -0.15) is 0 Å².